The molecule has 3 aromatic rings. The molecular weight excluding hydrogens is 560 g/mol. The number of rotatable bonds is 14. The molecule has 2 aromatic heterocycles. The Morgan fingerprint density at radius 3 is 2.45 bits per heavy atom. The van der Waals surface area contributed by atoms with Crippen LogP contribution in [-0.4, -0.2) is 62.7 Å². The van der Waals surface area contributed by atoms with Crippen molar-refractivity contribution in [1.82, 2.24) is 15.6 Å². The van der Waals surface area contributed by atoms with E-state index in [0.29, 0.717) is 41.5 Å². The highest BCUT2D eigenvalue weighted by atomic mass is 32.2. The Morgan fingerprint density at radius 1 is 1.17 bits per heavy atom. The van der Waals surface area contributed by atoms with Crippen LogP contribution in [0.4, 0.5) is 5.82 Å². The number of carbonyl (C=O) groups excluding carboxylic acids is 2. The van der Waals surface area contributed by atoms with Gasteiger partial charge >= 0.3 is 5.97 Å². The monoisotopic (exact) mass is 598 g/mol. The molecule has 42 heavy (non-hydrogen) atoms. The van der Waals surface area contributed by atoms with Crippen LogP contribution in [0.2, 0.25) is 0 Å². The Balaban J connectivity index is 1.63. The van der Waals surface area contributed by atoms with Crippen molar-refractivity contribution in [3.63, 3.8) is 0 Å². The molecule has 12 heteroatoms. The lowest BCUT2D eigenvalue weighted by Crippen LogP contribution is -2.34. The summed E-state index contributed by atoms with van der Waals surface area (Å²) in [6.45, 7) is 4.10. The van der Waals surface area contributed by atoms with Crippen LogP contribution in [0.1, 0.15) is 72.9 Å². The number of sulfonamides is 1. The second-order valence-corrected chi connectivity index (χ2v) is 12.9. The number of carboxylic acid groups (broad SMARTS) is 1. The predicted molar refractivity (Wildman–Crippen MR) is 160 cm³/mol. The second-order valence-electron chi connectivity index (χ2n) is 10.9. The maximum atomic E-state index is 13.0. The van der Waals surface area contributed by atoms with Crippen molar-refractivity contribution < 1.29 is 32.3 Å². The van der Waals surface area contributed by atoms with E-state index in [0.717, 1.165) is 30.2 Å². The van der Waals surface area contributed by atoms with Crippen molar-refractivity contribution in [2.45, 2.75) is 58.3 Å². The van der Waals surface area contributed by atoms with Gasteiger partial charge in [-0.1, -0.05) is 36.8 Å². The molecule has 0 aliphatic heterocycles. The van der Waals surface area contributed by atoms with E-state index in [1.54, 1.807) is 14.0 Å². The van der Waals surface area contributed by atoms with E-state index in [4.69, 9.17) is 14.5 Å². The van der Waals surface area contributed by atoms with Crippen molar-refractivity contribution >= 4 is 44.7 Å². The Bertz CT molecular complexity index is 1580. The molecule has 0 bridgehead atoms. The fraction of sp³-hybridized carbons (Fsp3) is 0.467. The first-order valence-electron chi connectivity index (χ1n) is 14.1. The number of carboxylic acids is 1. The van der Waals surface area contributed by atoms with E-state index >= 15 is 0 Å². The molecule has 2 amide bonds. The van der Waals surface area contributed by atoms with Crippen molar-refractivity contribution in [1.29, 1.82) is 0 Å². The Hall–Kier alpha value is -3.93. The lowest BCUT2D eigenvalue weighted by Gasteiger charge is -2.24. The van der Waals surface area contributed by atoms with Crippen LogP contribution < -0.4 is 14.9 Å². The number of aryl methyl sites for hydroxylation is 1. The number of nitrogens with zero attached hydrogens (tertiary/aromatic N) is 2. The van der Waals surface area contributed by atoms with Gasteiger partial charge in [0.2, 0.25) is 21.6 Å². The average molecular weight is 599 g/mol. The summed E-state index contributed by atoms with van der Waals surface area (Å²) in [6, 6.07) is 9.43. The Morgan fingerprint density at radius 2 is 1.86 bits per heavy atom. The van der Waals surface area contributed by atoms with Crippen LogP contribution in [0.5, 0.6) is 0 Å². The minimum Gasteiger partial charge on any atom is -0.481 e. The zero-order chi connectivity index (χ0) is 30.6. The summed E-state index contributed by atoms with van der Waals surface area (Å²) in [5.41, 5.74) is 3.04. The number of pyridine rings is 1. The molecule has 1 aliphatic rings. The maximum absolute atomic E-state index is 13.0. The zero-order valence-electron chi connectivity index (χ0n) is 24.4. The lowest BCUT2D eigenvalue weighted by molar-refractivity contribution is -0.137. The molecule has 11 nitrogen and oxygen atoms in total. The summed E-state index contributed by atoms with van der Waals surface area (Å²) < 4.78 is 33.5. The van der Waals surface area contributed by atoms with E-state index in [1.165, 1.54) is 4.31 Å². The van der Waals surface area contributed by atoms with Crippen molar-refractivity contribution in [3.05, 3.63) is 47.0 Å². The number of aromatic nitrogens is 1. The van der Waals surface area contributed by atoms with Gasteiger partial charge in [0.05, 0.1) is 17.2 Å². The quantitative estimate of drug-likeness (QED) is 0.233. The standard InChI is InChI=1S/C30H38N4O7S/c1-18-9-11-21(12-10-18)26-25(29(38)31-3)23-17-22(20-13-14-20)27(33-30(23)41-26)34(42(4,39)40)16-6-7-19(2)28(37)32-15-5-8-24(35)36/h9-12,17,19-20H,5-8,13-16H2,1-4H3,(H,31,38)(H,32,37)(H,35,36). The highest BCUT2D eigenvalue weighted by Crippen LogP contribution is 2.46. The SMILES string of the molecule is CNC(=O)c1c(-c2ccc(C)cc2)oc2nc(N(CCCC(C)C(=O)NCCCC(=O)O)S(C)(=O)=O)c(C3CC3)cc12. The number of hydrogen-bond donors (Lipinski definition) is 3. The summed E-state index contributed by atoms with van der Waals surface area (Å²) >= 11 is 0. The van der Waals surface area contributed by atoms with Gasteiger partial charge in [0.25, 0.3) is 5.91 Å². The first kappa shape index (κ1) is 31.0. The van der Waals surface area contributed by atoms with Gasteiger partial charge < -0.3 is 20.2 Å². The molecule has 0 radical (unpaired) electrons. The third-order valence-corrected chi connectivity index (χ3v) is 8.58. The largest absolute Gasteiger partial charge is 0.481 e. The molecule has 2 heterocycles. The van der Waals surface area contributed by atoms with Crippen LogP contribution in [-0.2, 0) is 19.6 Å². The van der Waals surface area contributed by atoms with Gasteiger partial charge in [-0.15, -0.1) is 0 Å². The minimum absolute atomic E-state index is 0.0224. The topological polar surface area (TPSA) is 159 Å². The zero-order valence-corrected chi connectivity index (χ0v) is 25.2. The molecule has 1 aromatic carbocycles. The minimum atomic E-state index is -3.75. The Labute approximate surface area is 245 Å². The summed E-state index contributed by atoms with van der Waals surface area (Å²) in [7, 11) is -2.20. The van der Waals surface area contributed by atoms with Crippen LogP contribution >= 0.6 is 0 Å². The van der Waals surface area contributed by atoms with Gasteiger partial charge in [0, 0.05) is 38.0 Å². The van der Waals surface area contributed by atoms with Gasteiger partial charge in [0.15, 0.2) is 0 Å². The fourth-order valence-electron chi connectivity index (χ4n) is 4.91. The number of furan rings is 1. The number of carbonyl (C=O) groups is 3. The summed E-state index contributed by atoms with van der Waals surface area (Å²) in [4.78, 5) is 40.8. The Kier molecular flexibility index (Phi) is 9.55. The second kappa shape index (κ2) is 12.9. The van der Waals surface area contributed by atoms with E-state index < -0.39 is 16.0 Å². The molecule has 4 rings (SSSR count). The molecule has 0 saturated heterocycles. The number of aliphatic carboxylic acids is 1. The highest BCUT2D eigenvalue weighted by molar-refractivity contribution is 7.92. The number of benzene rings is 1. The van der Waals surface area contributed by atoms with E-state index in [2.05, 4.69) is 10.6 Å². The molecular formula is C30H38N4O7S. The molecule has 0 spiro atoms. The molecule has 1 aliphatic carbocycles. The third kappa shape index (κ3) is 7.28. The van der Waals surface area contributed by atoms with Crippen LogP contribution in [0.3, 0.4) is 0 Å². The van der Waals surface area contributed by atoms with Gasteiger partial charge in [-0.25, -0.2) is 8.42 Å². The number of amides is 2. The fourth-order valence-corrected chi connectivity index (χ4v) is 5.83. The number of nitrogens with one attached hydrogen (secondary N) is 2. The van der Waals surface area contributed by atoms with E-state index in [-0.39, 0.29) is 54.7 Å². The van der Waals surface area contributed by atoms with E-state index in [9.17, 15) is 22.8 Å². The molecule has 1 fully saturated rings. The molecule has 3 N–H and O–H groups in total. The maximum Gasteiger partial charge on any atom is 0.303 e. The summed E-state index contributed by atoms with van der Waals surface area (Å²) in [5, 5.41) is 14.7. The molecule has 226 valence electrons. The summed E-state index contributed by atoms with van der Waals surface area (Å²) in [5.74, 6) is -1.06. The van der Waals surface area contributed by atoms with Crippen molar-refractivity contribution in [3.8, 4) is 11.3 Å². The van der Waals surface area contributed by atoms with Crippen LogP contribution in [0, 0.1) is 12.8 Å². The number of hydrogen-bond acceptors (Lipinski definition) is 7. The molecule has 1 saturated carbocycles. The first-order chi connectivity index (χ1) is 19.9. The first-order valence-corrected chi connectivity index (χ1v) is 16.0. The predicted octanol–water partition coefficient (Wildman–Crippen LogP) is 4.20. The normalized spacial score (nSPS) is 14.0. The molecule has 1 atom stereocenters. The van der Waals surface area contributed by atoms with Gasteiger partial charge in [-0.05, 0) is 56.6 Å². The highest BCUT2D eigenvalue weighted by Gasteiger charge is 2.34. The number of anilines is 1. The van der Waals surface area contributed by atoms with Crippen molar-refractivity contribution in [2.75, 3.05) is 30.7 Å². The third-order valence-electron chi connectivity index (χ3n) is 7.43. The van der Waals surface area contributed by atoms with Crippen LogP contribution in [0.25, 0.3) is 22.4 Å². The number of fused-ring (bicyclic) bond motifs is 1. The van der Waals surface area contributed by atoms with Gasteiger partial charge in [-0.3, -0.25) is 18.7 Å². The van der Waals surface area contributed by atoms with Crippen LogP contribution in [0.15, 0.2) is 34.7 Å². The van der Waals surface area contributed by atoms with Gasteiger partial charge in [0.1, 0.15) is 11.6 Å². The molecule has 1 unspecified atom stereocenters. The van der Waals surface area contributed by atoms with Gasteiger partial charge in [-0.2, -0.15) is 4.98 Å². The van der Waals surface area contributed by atoms with Crippen molar-refractivity contribution in [2.24, 2.45) is 5.92 Å². The van der Waals surface area contributed by atoms with E-state index in [1.807, 2.05) is 37.3 Å². The summed E-state index contributed by atoms with van der Waals surface area (Å²) in [6.07, 6.45) is 4.04. The average Bonchev–Trinajstić information content (AvgIpc) is 3.72. The smallest absolute Gasteiger partial charge is 0.303 e. The lowest BCUT2D eigenvalue weighted by atomic mass is 10.0.